The number of guanidine groups is 1. The van der Waals surface area contributed by atoms with Crippen molar-refractivity contribution in [2.24, 2.45) is 4.99 Å². The third-order valence-electron chi connectivity index (χ3n) is 3.80. The maximum absolute atomic E-state index is 11.9. The second-order valence-electron chi connectivity index (χ2n) is 5.94. The van der Waals surface area contributed by atoms with E-state index in [1.807, 2.05) is 6.92 Å². The molecule has 1 atom stereocenters. The number of carbonyl (C=O) groups excluding carboxylic acids is 2. The van der Waals surface area contributed by atoms with Crippen LogP contribution in [0.15, 0.2) is 4.99 Å². The Morgan fingerprint density at radius 3 is 2.67 bits per heavy atom. The predicted molar refractivity (Wildman–Crippen MR) is 106 cm³/mol. The first kappa shape index (κ1) is 22.9. The molecule has 0 saturated heterocycles. The number of ether oxygens (including phenoxy) is 2. The van der Waals surface area contributed by atoms with Crippen LogP contribution in [0.25, 0.3) is 0 Å². The van der Waals surface area contributed by atoms with Crippen molar-refractivity contribution < 1.29 is 19.1 Å². The summed E-state index contributed by atoms with van der Waals surface area (Å²) in [6.45, 7) is 6.65. The minimum Gasteiger partial charge on any atom is -0.469 e. The van der Waals surface area contributed by atoms with E-state index in [2.05, 4.69) is 25.3 Å². The number of nitrogens with zero attached hydrogens (tertiary/aromatic N) is 2. The zero-order valence-corrected chi connectivity index (χ0v) is 17.6. The molecule has 152 valence electrons. The maximum Gasteiger partial charge on any atom is 0.350 e. The van der Waals surface area contributed by atoms with Gasteiger partial charge in [0.15, 0.2) is 5.96 Å². The Labute approximate surface area is 164 Å². The van der Waals surface area contributed by atoms with Gasteiger partial charge in [0.25, 0.3) is 0 Å². The number of hydrogen-bond acceptors (Lipinski definition) is 7. The first-order valence-electron chi connectivity index (χ1n) is 9.11. The van der Waals surface area contributed by atoms with Gasteiger partial charge in [-0.3, -0.25) is 9.79 Å². The quantitative estimate of drug-likeness (QED) is 0.270. The summed E-state index contributed by atoms with van der Waals surface area (Å²) in [6, 6.07) is -0.0950. The Morgan fingerprint density at radius 2 is 2.04 bits per heavy atom. The van der Waals surface area contributed by atoms with Crippen LogP contribution in [-0.4, -0.2) is 50.2 Å². The maximum atomic E-state index is 11.9. The molecule has 0 aliphatic rings. The van der Waals surface area contributed by atoms with Crippen molar-refractivity contribution in [1.29, 1.82) is 0 Å². The number of thiazole rings is 1. The third kappa shape index (κ3) is 7.94. The number of rotatable bonds is 10. The van der Waals surface area contributed by atoms with Gasteiger partial charge in [0.05, 0.1) is 25.5 Å². The van der Waals surface area contributed by atoms with Crippen LogP contribution < -0.4 is 10.6 Å². The predicted octanol–water partition coefficient (Wildman–Crippen LogP) is 2.59. The highest BCUT2D eigenvalue weighted by molar-refractivity contribution is 7.13. The summed E-state index contributed by atoms with van der Waals surface area (Å²) in [7, 11) is 3.11. The Balaban J connectivity index is 2.45. The van der Waals surface area contributed by atoms with Crippen molar-refractivity contribution in [3.8, 4) is 0 Å². The molecule has 9 heteroatoms. The summed E-state index contributed by atoms with van der Waals surface area (Å²) >= 11 is 1.33. The van der Waals surface area contributed by atoms with Crippen molar-refractivity contribution in [2.45, 2.75) is 52.5 Å². The standard InChI is InChI=1S/C18H30N4O4S/c1-6-26-17(24)15-12(2)21-16(27-15)13(3)22-18(19-4)20-11-9-7-8-10-14(23)25-5/h13H,6-11H2,1-5H3,(H2,19,20,22). The summed E-state index contributed by atoms with van der Waals surface area (Å²) in [5, 5.41) is 7.32. The highest BCUT2D eigenvalue weighted by Gasteiger charge is 2.20. The molecule has 1 aromatic rings. The van der Waals surface area contributed by atoms with E-state index < -0.39 is 0 Å². The Kier molecular flexibility index (Phi) is 10.4. The molecular formula is C18H30N4O4S. The molecule has 0 bridgehead atoms. The number of aryl methyl sites for hydroxylation is 1. The topological polar surface area (TPSA) is 102 Å². The van der Waals surface area contributed by atoms with Gasteiger partial charge in [-0.25, -0.2) is 9.78 Å². The van der Waals surface area contributed by atoms with Gasteiger partial charge >= 0.3 is 11.9 Å². The van der Waals surface area contributed by atoms with Gasteiger partial charge in [-0.1, -0.05) is 6.42 Å². The average molecular weight is 399 g/mol. The zero-order chi connectivity index (χ0) is 20.2. The molecule has 1 unspecified atom stereocenters. The van der Waals surface area contributed by atoms with E-state index in [0.717, 1.165) is 30.8 Å². The van der Waals surface area contributed by atoms with Crippen molar-refractivity contribution in [3.05, 3.63) is 15.6 Å². The number of carbonyl (C=O) groups is 2. The fourth-order valence-corrected chi connectivity index (χ4v) is 3.29. The second-order valence-corrected chi connectivity index (χ2v) is 6.97. The molecule has 1 rings (SSSR count). The number of aliphatic imine (C=N–C) groups is 1. The average Bonchev–Trinajstić information content (AvgIpc) is 3.05. The molecule has 1 aromatic heterocycles. The van der Waals surface area contributed by atoms with Gasteiger partial charge in [0.1, 0.15) is 9.88 Å². The van der Waals surface area contributed by atoms with Gasteiger partial charge in [0.2, 0.25) is 0 Å². The van der Waals surface area contributed by atoms with Gasteiger partial charge in [-0.05, 0) is 33.6 Å². The van der Waals surface area contributed by atoms with Crippen LogP contribution in [0.1, 0.15) is 65.9 Å². The number of methoxy groups -OCH3 is 1. The zero-order valence-electron chi connectivity index (χ0n) is 16.8. The van der Waals surface area contributed by atoms with Crippen LogP contribution in [-0.2, 0) is 14.3 Å². The lowest BCUT2D eigenvalue weighted by molar-refractivity contribution is -0.140. The van der Waals surface area contributed by atoms with Gasteiger partial charge < -0.3 is 20.1 Å². The molecule has 0 spiro atoms. The van der Waals surface area contributed by atoms with E-state index in [-0.39, 0.29) is 18.0 Å². The molecule has 8 nitrogen and oxygen atoms in total. The van der Waals surface area contributed by atoms with Crippen LogP contribution >= 0.6 is 11.3 Å². The number of nitrogens with one attached hydrogen (secondary N) is 2. The molecule has 0 saturated carbocycles. The highest BCUT2D eigenvalue weighted by atomic mass is 32.1. The second kappa shape index (κ2) is 12.3. The fraction of sp³-hybridized carbons (Fsp3) is 0.667. The summed E-state index contributed by atoms with van der Waals surface area (Å²) in [5.74, 6) is 0.164. The summed E-state index contributed by atoms with van der Waals surface area (Å²) in [4.78, 5) is 32.2. The van der Waals surface area contributed by atoms with E-state index in [9.17, 15) is 9.59 Å². The lowest BCUT2D eigenvalue weighted by Crippen LogP contribution is -2.39. The molecule has 0 amide bonds. The minimum absolute atomic E-state index is 0.0950. The van der Waals surface area contributed by atoms with Crippen molar-refractivity contribution in [3.63, 3.8) is 0 Å². The molecule has 27 heavy (non-hydrogen) atoms. The molecule has 0 fully saturated rings. The first-order chi connectivity index (χ1) is 12.9. The van der Waals surface area contributed by atoms with Crippen LogP contribution in [0, 0.1) is 6.92 Å². The Morgan fingerprint density at radius 1 is 1.30 bits per heavy atom. The van der Waals surface area contributed by atoms with Crippen molar-refractivity contribution in [1.82, 2.24) is 15.6 Å². The van der Waals surface area contributed by atoms with E-state index in [4.69, 9.17) is 4.74 Å². The number of esters is 2. The molecular weight excluding hydrogens is 368 g/mol. The van der Waals surface area contributed by atoms with Crippen molar-refractivity contribution >= 4 is 29.2 Å². The van der Waals surface area contributed by atoms with E-state index in [0.29, 0.717) is 29.6 Å². The molecule has 2 N–H and O–H groups in total. The van der Waals surface area contributed by atoms with E-state index >= 15 is 0 Å². The molecule has 1 heterocycles. The van der Waals surface area contributed by atoms with Gasteiger partial charge in [-0.2, -0.15) is 0 Å². The largest absolute Gasteiger partial charge is 0.469 e. The SMILES string of the molecule is CCOC(=O)c1sc(C(C)NC(=NC)NCCCCCC(=O)OC)nc1C. The minimum atomic E-state index is -0.333. The lowest BCUT2D eigenvalue weighted by Gasteiger charge is -2.16. The van der Waals surface area contributed by atoms with Crippen LogP contribution in [0.5, 0.6) is 0 Å². The van der Waals surface area contributed by atoms with Gasteiger partial charge in [0, 0.05) is 20.0 Å². The van der Waals surface area contributed by atoms with Crippen molar-refractivity contribution in [2.75, 3.05) is 27.3 Å². The highest BCUT2D eigenvalue weighted by Crippen LogP contribution is 2.24. The van der Waals surface area contributed by atoms with E-state index in [1.54, 1.807) is 20.9 Å². The lowest BCUT2D eigenvalue weighted by atomic mass is 10.2. The summed E-state index contributed by atoms with van der Waals surface area (Å²) < 4.78 is 9.68. The first-order valence-corrected chi connectivity index (χ1v) is 9.93. The summed E-state index contributed by atoms with van der Waals surface area (Å²) in [6.07, 6.45) is 3.12. The van der Waals surface area contributed by atoms with Crippen LogP contribution in [0.3, 0.4) is 0 Å². The Bertz CT molecular complexity index is 645. The fourth-order valence-electron chi connectivity index (χ4n) is 2.33. The molecule has 0 aliphatic carbocycles. The van der Waals surface area contributed by atoms with Gasteiger partial charge in [-0.15, -0.1) is 11.3 Å². The van der Waals surface area contributed by atoms with E-state index in [1.165, 1.54) is 18.4 Å². The summed E-state index contributed by atoms with van der Waals surface area (Å²) in [5.41, 5.74) is 0.677. The number of unbranched alkanes of at least 4 members (excludes halogenated alkanes) is 2. The Hall–Kier alpha value is -2.16. The molecule has 0 radical (unpaired) electrons. The third-order valence-corrected chi connectivity index (χ3v) is 5.12. The number of hydrogen-bond donors (Lipinski definition) is 2. The van der Waals surface area contributed by atoms with Crippen LogP contribution in [0.4, 0.5) is 0 Å². The molecule has 0 aliphatic heterocycles. The smallest absolute Gasteiger partial charge is 0.350 e. The number of aromatic nitrogens is 1. The molecule has 0 aromatic carbocycles. The monoisotopic (exact) mass is 398 g/mol. The normalized spacial score (nSPS) is 12.4. The van der Waals surface area contributed by atoms with Crippen LogP contribution in [0.2, 0.25) is 0 Å².